The van der Waals surface area contributed by atoms with Gasteiger partial charge in [0.1, 0.15) is 0 Å². The van der Waals surface area contributed by atoms with Crippen molar-refractivity contribution >= 4 is 0 Å². The van der Waals surface area contributed by atoms with Gasteiger partial charge in [0.25, 0.3) is 0 Å². The molecule has 0 unspecified atom stereocenters. The van der Waals surface area contributed by atoms with E-state index in [0.29, 0.717) is 18.3 Å². The van der Waals surface area contributed by atoms with Gasteiger partial charge in [-0.25, -0.2) is 4.39 Å². The second kappa shape index (κ2) is 4.96. The lowest BCUT2D eigenvalue weighted by Crippen LogP contribution is -2.21. The van der Waals surface area contributed by atoms with Crippen LogP contribution in [0.2, 0.25) is 0 Å². The van der Waals surface area contributed by atoms with Crippen LogP contribution in [0.25, 0.3) is 0 Å². The number of hydrogen-bond acceptors (Lipinski definition) is 2. The van der Waals surface area contributed by atoms with Gasteiger partial charge in [-0.1, -0.05) is 19.9 Å². The Morgan fingerprint density at radius 1 is 1.43 bits per heavy atom. The summed E-state index contributed by atoms with van der Waals surface area (Å²) >= 11 is 0. The normalized spacial score (nSPS) is 10.6. The topological polar surface area (TPSA) is 21.3 Å². The first kappa shape index (κ1) is 11.0. The van der Waals surface area contributed by atoms with E-state index in [0.717, 1.165) is 5.56 Å². The summed E-state index contributed by atoms with van der Waals surface area (Å²) in [6.07, 6.45) is 0. The Kier molecular flexibility index (Phi) is 3.89. The first-order valence-corrected chi connectivity index (χ1v) is 4.69. The smallest absolute Gasteiger partial charge is 0.165 e. The van der Waals surface area contributed by atoms with Gasteiger partial charge in [0, 0.05) is 12.6 Å². The van der Waals surface area contributed by atoms with Crippen LogP contribution in [0.5, 0.6) is 5.75 Å². The van der Waals surface area contributed by atoms with Crippen molar-refractivity contribution in [2.24, 2.45) is 0 Å². The lowest BCUT2D eigenvalue weighted by atomic mass is 10.2. The summed E-state index contributed by atoms with van der Waals surface area (Å²) in [5.74, 6) is -0.0196. The van der Waals surface area contributed by atoms with E-state index in [4.69, 9.17) is 4.74 Å². The maximum absolute atomic E-state index is 13.2. The Bertz CT molecular complexity index is 299. The first-order chi connectivity index (χ1) is 6.63. The van der Waals surface area contributed by atoms with Gasteiger partial charge in [-0.15, -0.1) is 0 Å². The number of nitrogens with one attached hydrogen (secondary N) is 1. The molecule has 0 atom stereocenters. The molecule has 0 heterocycles. The fourth-order valence-corrected chi connectivity index (χ4v) is 1.14. The first-order valence-electron chi connectivity index (χ1n) is 4.69. The third-order valence-corrected chi connectivity index (χ3v) is 1.93. The van der Waals surface area contributed by atoms with Gasteiger partial charge in [0.2, 0.25) is 0 Å². The van der Waals surface area contributed by atoms with Crippen molar-refractivity contribution in [3.8, 4) is 5.75 Å². The van der Waals surface area contributed by atoms with E-state index in [1.165, 1.54) is 13.2 Å². The van der Waals surface area contributed by atoms with E-state index in [-0.39, 0.29) is 5.82 Å². The number of benzene rings is 1. The Morgan fingerprint density at radius 2 is 2.14 bits per heavy atom. The third kappa shape index (κ3) is 3.00. The number of hydrogen-bond donors (Lipinski definition) is 1. The van der Waals surface area contributed by atoms with E-state index in [1.54, 1.807) is 6.07 Å². The molecule has 1 N–H and O–H groups in total. The second-order valence-corrected chi connectivity index (χ2v) is 3.50. The van der Waals surface area contributed by atoms with Crippen molar-refractivity contribution in [3.05, 3.63) is 29.6 Å². The summed E-state index contributed by atoms with van der Waals surface area (Å²) in [7, 11) is 1.46. The minimum atomic E-state index is -0.310. The van der Waals surface area contributed by atoms with Crippen molar-refractivity contribution in [1.82, 2.24) is 5.32 Å². The maximum atomic E-state index is 13.2. The number of methoxy groups -OCH3 is 1. The van der Waals surface area contributed by atoms with Gasteiger partial charge in [-0.05, 0) is 17.7 Å². The van der Waals surface area contributed by atoms with Gasteiger partial charge >= 0.3 is 0 Å². The minimum Gasteiger partial charge on any atom is -0.494 e. The van der Waals surface area contributed by atoms with E-state index in [1.807, 2.05) is 6.07 Å². The number of rotatable bonds is 4. The molecule has 78 valence electrons. The standard InChI is InChI=1S/C11H16FNO/c1-8(2)13-7-9-4-5-11(14-3)10(12)6-9/h4-6,8,13H,7H2,1-3H3. The predicted octanol–water partition coefficient (Wildman–Crippen LogP) is 2.33. The van der Waals surface area contributed by atoms with E-state index in [9.17, 15) is 4.39 Å². The molecular formula is C11H16FNO. The van der Waals surface area contributed by atoms with Gasteiger partial charge in [-0.2, -0.15) is 0 Å². The molecular weight excluding hydrogens is 181 g/mol. The zero-order chi connectivity index (χ0) is 10.6. The summed E-state index contributed by atoms with van der Waals surface area (Å²) in [5, 5.41) is 3.22. The molecule has 0 bridgehead atoms. The average molecular weight is 197 g/mol. The maximum Gasteiger partial charge on any atom is 0.165 e. The Balaban J connectivity index is 2.66. The van der Waals surface area contributed by atoms with Crippen molar-refractivity contribution in [2.75, 3.05) is 7.11 Å². The molecule has 0 radical (unpaired) electrons. The molecule has 1 rings (SSSR count). The second-order valence-electron chi connectivity index (χ2n) is 3.50. The van der Waals surface area contributed by atoms with Crippen LogP contribution < -0.4 is 10.1 Å². The molecule has 0 aromatic heterocycles. The lowest BCUT2D eigenvalue weighted by Gasteiger charge is -2.09. The molecule has 0 aliphatic carbocycles. The van der Waals surface area contributed by atoms with Gasteiger partial charge in [-0.3, -0.25) is 0 Å². The quantitative estimate of drug-likeness (QED) is 0.799. The molecule has 0 amide bonds. The highest BCUT2D eigenvalue weighted by molar-refractivity contribution is 5.29. The van der Waals surface area contributed by atoms with Gasteiger partial charge in [0.05, 0.1) is 7.11 Å². The van der Waals surface area contributed by atoms with Gasteiger partial charge in [0.15, 0.2) is 11.6 Å². The monoisotopic (exact) mass is 197 g/mol. The average Bonchev–Trinajstić information content (AvgIpc) is 2.15. The van der Waals surface area contributed by atoms with Crippen LogP contribution in [0.15, 0.2) is 18.2 Å². The highest BCUT2D eigenvalue weighted by Crippen LogP contribution is 2.17. The lowest BCUT2D eigenvalue weighted by molar-refractivity contribution is 0.386. The van der Waals surface area contributed by atoms with Crippen molar-refractivity contribution in [3.63, 3.8) is 0 Å². The van der Waals surface area contributed by atoms with Crippen LogP contribution in [0, 0.1) is 5.82 Å². The molecule has 0 spiro atoms. The molecule has 0 fully saturated rings. The minimum absolute atomic E-state index is 0.290. The van der Waals surface area contributed by atoms with Crippen molar-refractivity contribution < 1.29 is 9.13 Å². The van der Waals surface area contributed by atoms with Gasteiger partial charge < -0.3 is 10.1 Å². The number of ether oxygens (including phenoxy) is 1. The van der Waals surface area contributed by atoms with Crippen molar-refractivity contribution in [1.29, 1.82) is 0 Å². The largest absolute Gasteiger partial charge is 0.494 e. The highest BCUT2D eigenvalue weighted by Gasteiger charge is 2.03. The molecule has 1 aromatic rings. The van der Waals surface area contributed by atoms with E-state index < -0.39 is 0 Å². The summed E-state index contributed by atoms with van der Waals surface area (Å²) < 4.78 is 18.1. The van der Waals surface area contributed by atoms with Crippen LogP contribution in [0.3, 0.4) is 0 Å². The number of halogens is 1. The molecule has 2 nitrogen and oxygen atoms in total. The molecule has 3 heteroatoms. The Morgan fingerprint density at radius 3 is 2.64 bits per heavy atom. The van der Waals surface area contributed by atoms with E-state index >= 15 is 0 Å². The molecule has 0 saturated carbocycles. The fourth-order valence-electron chi connectivity index (χ4n) is 1.14. The van der Waals surface area contributed by atoms with Crippen LogP contribution >= 0.6 is 0 Å². The summed E-state index contributed by atoms with van der Waals surface area (Å²) in [6.45, 7) is 4.79. The molecule has 1 aromatic carbocycles. The van der Waals surface area contributed by atoms with E-state index in [2.05, 4.69) is 19.2 Å². The summed E-state index contributed by atoms with van der Waals surface area (Å²) in [4.78, 5) is 0. The van der Waals surface area contributed by atoms with Crippen molar-refractivity contribution in [2.45, 2.75) is 26.4 Å². The zero-order valence-electron chi connectivity index (χ0n) is 8.80. The highest BCUT2D eigenvalue weighted by atomic mass is 19.1. The van der Waals surface area contributed by atoms with Crippen LogP contribution in [0.4, 0.5) is 4.39 Å². The fraction of sp³-hybridized carbons (Fsp3) is 0.455. The Labute approximate surface area is 84.1 Å². The van der Waals surface area contributed by atoms with Crippen LogP contribution in [0.1, 0.15) is 19.4 Å². The SMILES string of the molecule is COc1ccc(CNC(C)C)cc1F. The molecule has 14 heavy (non-hydrogen) atoms. The van der Waals surface area contributed by atoms with Crippen LogP contribution in [-0.2, 0) is 6.54 Å². The molecule has 0 aliphatic heterocycles. The Hall–Kier alpha value is -1.09. The summed E-state index contributed by atoms with van der Waals surface area (Å²) in [6, 6.07) is 5.40. The molecule has 0 saturated heterocycles. The zero-order valence-corrected chi connectivity index (χ0v) is 8.80. The van der Waals surface area contributed by atoms with Crippen LogP contribution in [-0.4, -0.2) is 13.2 Å². The third-order valence-electron chi connectivity index (χ3n) is 1.93. The molecule has 0 aliphatic rings. The predicted molar refractivity (Wildman–Crippen MR) is 54.9 cm³/mol. The summed E-state index contributed by atoms with van der Waals surface area (Å²) in [5.41, 5.74) is 0.928.